The Kier molecular flexibility index (Phi) is 6.95. The fourth-order valence-corrected chi connectivity index (χ4v) is 1.94. The zero-order valence-electron chi connectivity index (χ0n) is 10.3. The lowest BCUT2D eigenvalue weighted by molar-refractivity contribution is -0.144. The number of carbonyl (C=O) groups is 1. The van der Waals surface area contributed by atoms with Gasteiger partial charge in [-0.05, 0) is 26.2 Å². The molecule has 1 saturated heterocycles. The van der Waals surface area contributed by atoms with E-state index in [2.05, 4.69) is 6.92 Å². The molecule has 16 heavy (non-hydrogen) atoms. The number of ether oxygens (including phenoxy) is 1. The van der Waals surface area contributed by atoms with Crippen molar-refractivity contribution in [3.05, 3.63) is 0 Å². The molecular weight excluding hydrogens is 228 g/mol. The van der Waals surface area contributed by atoms with Gasteiger partial charge in [0.25, 0.3) is 5.91 Å². The smallest absolute Gasteiger partial charge is 0.251 e. The lowest BCUT2D eigenvalue weighted by Crippen LogP contribution is -2.50. The maximum Gasteiger partial charge on any atom is 0.251 e. The van der Waals surface area contributed by atoms with Crippen LogP contribution in [-0.4, -0.2) is 42.6 Å². The van der Waals surface area contributed by atoms with Gasteiger partial charge in [-0.15, -0.1) is 12.4 Å². The SMILES string of the molecule is CCOC(C)C(=O)N1CCC(N)C(C)C1.Cl. The fraction of sp³-hybridized carbons (Fsp3) is 0.909. The molecule has 0 aliphatic carbocycles. The monoisotopic (exact) mass is 250 g/mol. The molecule has 0 saturated carbocycles. The van der Waals surface area contributed by atoms with Crippen molar-refractivity contribution in [3.8, 4) is 0 Å². The van der Waals surface area contributed by atoms with Crippen LogP contribution in [0.15, 0.2) is 0 Å². The number of amides is 1. The van der Waals surface area contributed by atoms with E-state index in [1.54, 1.807) is 0 Å². The summed E-state index contributed by atoms with van der Waals surface area (Å²) in [6, 6.07) is 0.233. The summed E-state index contributed by atoms with van der Waals surface area (Å²) in [5.41, 5.74) is 5.91. The average Bonchev–Trinajstić information content (AvgIpc) is 2.21. The van der Waals surface area contributed by atoms with Gasteiger partial charge in [0.2, 0.25) is 0 Å². The predicted molar refractivity (Wildman–Crippen MR) is 66.7 cm³/mol. The molecule has 96 valence electrons. The molecule has 0 aromatic rings. The molecule has 0 bridgehead atoms. The van der Waals surface area contributed by atoms with E-state index in [0.717, 1.165) is 19.5 Å². The normalized spacial score (nSPS) is 27.1. The van der Waals surface area contributed by atoms with Crippen LogP contribution in [0, 0.1) is 5.92 Å². The number of hydrogen-bond acceptors (Lipinski definition) is 3. The molecule has 1 rings (SSSR count). The highest BCUT2D eigenvalue weighted by atomic mass is 35.5. The minimum Gasteiger partial charge on any atom is -0.369 e. The zero-order chi connectivity index (χ0) is 11.4. The van der Waals surface area contributed by atoms with Gasteiger partial charge in [0.1, 0.15) is 6.10 Å². The molecule has 1 aliphatic rings. The van der Waals surface area contributed by atoms with Crippen LogP contribution in [0.3, 0.4) is 0 Å². The van der Waals surface area contributed by atoms with Crippen LogP contribution >= 0.6 is 12.4 Å². The van der Waals surface area contributed by atoms with Crippen LogP contribution < -0.4 is 5.73 Å². The lowest BCUT2D eigenvalue weighted by Gasteiger charge is -2.36. The maximum absolute atomic E-state index is 11.9. The number of piperidine rings is 1. The molecule has 1 fully saturated rings. The van der Waals surface area contributed by atoms with Crippen LogP contribution in [-0.2, 0) is 9.53 Å². The van der Waals surface area contributed by atoms with E-state index in [9.17, 15) is 4.79 Å². The van der Waals surface area contributed by atoms with Gasteiger partial charge in [0.15, 0.2) is 0 Å². The van der Waals surface area contributed by atoms with Crippen molar-refractivity contribution in [3.63, 3.8) is 0 Å². The number of rotatable bonds is 3. The first-order valence-electron chi connectivity index (χ1n) is 5.72. The van der Waals surface area contributed by atoms with Gasteiger partial charge in [-0.2, -0.15) is 0 Å². The molecule has 3 unspecified atom stereocenters. The third-order valence-electron chi connectivity index (χ3n) is 3.05. The molecule has 1 amide bonds. The summed E-state index contributed by atoms with van der Waals surface area (Å²) in [6.07, 6.45) is 0.572. The fourth-order valence-electron chi connectivity index (χ4n) is 1.94. The zero-order valence-corrected chi connectivity index (χ0v) is 11.1. The van der Waals surface area contributed by atoms with Gasteiger partial charge in [0.05, 0.1) is 0 Å². The van der Waals surface area contributed by atoms with Crippen LogP contribution in [0.1, 0.15) is 27.2 Å². The Morgan fingerprint density at radius 3 is 2.75 bits per heavy atom. The Morgan fingerprint density at radius 2 is 2.25 bits per heavy atom. The van der Waals surface area contributed by atoms with Crippen molar-refractivity contribution >= 4 is 18.3 Å². The topological polar surface area (TPSA) is 55.6 Å². The number of halogens is 1. The summed E-state index contributed by atoms with van der Waals surface area (Å²) >= 11 is 0. The molecule has 0 aromatic heterocycles. The van der Waals surface area contributed by atoms with Crippen LogP contribution in [0.25, 0.3) is 0 Å². The highest BCUT2D eigenvalue weighted by molar-refractivity contribution is 5.85. The van der Waals surface area contributed by atoms with Crippen LogP contribution in [0.5, 0.6) is 0 Å². The number of likely N-dealkylation sites (tertiary alicyclic amines) is 1. The summed E-state index contributed by atoms with van der Waals surface area (Å²) in [5.74, 6) is 0.479. The first-order valence-corrected chi connectivity index (χ1v) is 5.72. The van der Waals surface area contributed by atoms with E-state index < -0.39 is 0 Å². The van der Waals surface area contributed by atoms with Crippen molar-refractivity contribution in [1.29, 1.82) is 0 Å². The minimum absolute atomic E-state index is 0. The highest BCUT2D eigenvalue weighted by Crippen LogP contribution is 2.16. The van der Waals surface area contributed by atoms with Gasteiger partial charge >= 0.3 is 0 Å². The third-order valence-corrected chi connectivity index (χ3v) is 3.05. The summed E-state index contributed by atoms with van der Waals surface area (Å²) in [4.78, 5) is 13.8. The maximum atomic E-state index is 11.9. The van der Waals surface area contributed by atoms with E-state index in [-0.39, 0.29) is 30.5 Å². The minimum atomic E-state index is -0.323. The molecule has 2 N–H and O–H groups in total. The van der Waals surface area contributed by atoms with Crippen molar-refractivity contribution < 1.29 is 9.53 Å². The first-order chi connectivity index (χ1) is 7.06. The number of nitrogens with zero attached hydrogens (tertiary/aromatic N) is 1. The Bertz CT molecular complexity index is 226. The Morgan fingerprint density at radius 1 is 1.62 bits per heavy atom. The van der Waals surface area contributed by atoms with E-state index in [4.69, 9.17) is 10.5 Å². The van der Waals surface area contributed by atoms with Crippen LogP contribution in [0.4, 0.5) is 0 Å². The van der Waals surface area contributed by atoms with Crippen molar-refractivity contribution in [2.75, 3.05) is 19.7 Å². The quantitative estimate of drug-likeness (QED) is 0.814. The summed E-state index contributed by atoms with van der Waals surface area (Å²) in [6.45, 7) is 7.91. The Hall–Kier alpha value is -0.320. The molecule has 0 spiro atoms. The molecule has 0 aromatic carbocycles. The van der Waals surface area contributed by atoms with Crippen molar-refractivity contribution in [2.45, 2.75) is 39.3 Å². The largest absolute Gasteiger partial charge is 0.369 e. The Labute approximate surface area is 104 Å². The number of hydrogen-bond donors (Lipinski definition) is 1. The van der Waals surface area contributed by atoms with E-state index >= 15 is 0 Å². The highest BCUT2D eigenvalue weighted by Gasteiger charge is 2.28. The second kappa shape index (κ2) is 7.09. The molecule has 5 heteroatoms. The molecular formula is C11H23ClN2O2. The number of carbonyl (C=O) groups excluding carboxylic acids is 1. The second-order valence-corrected chi connectivity index (χ2v) is 4.31. The van der Waals surface area contributed by atoms with Gasteiger partial charge in [-0.3, -0.25) is 4.79 Å². The van der Waals surface area contributed by atoms with Gasteiger partial charge in [-0.25, -0.2) is 0 Å². The van der Waals surface area contributed by atoms with Gasteiger partial charge < -0.3 is 15.4 Å². The average molecular weight is 251 g/mol. The molecule has 1 heterocycles. The van der Waals surface area contributed by atoms with Gasteiger partial charge in [0, 0.05) is 25.7 Å². The summed E-state index contributed by atoms with van der Waals surface area (Å²) in [7, 11) is 0. The third kappa shape index (κ3) is 3.92. The molecule has 1 aliphatic heterocycles. The van der Waals surface area contributed by atoms with E-state index in [0.29, 0.717) is 12.5 Å². The van der Waals surface area contributed by atoms with E-state index in [1.165, 1.54) is 0 Å². The van der Waals surface area contributed by atoms with Gasteiger partial charge in [-0.1, -0.05) is 6.92 Å². The Balaban J connectivity index is 0.00000225. The summed E-state index contributed by atoms with van der Waals surface area (Å²) < 4.78 is 5.30. The van der Waals surface area contributed by atoms with Crippen molar-refractivity contribution in [1.82, 2.24) is 4.90 Å². The standard InChI is InChI=1S/C11H22N2O2.ClH/c1-4-15-9(3)11(14)13-6-5-10(12)8(2)7-13;/h8-10H,4-7,12H2,1-3H3;1H. The molecule has 0 radical (unpaired) electrons. The second-order valence-electron chi connectivity index (χ2n) is 4.31. The first kappa shape index (κ1) is 15.7. The number of nitrogens with two attached hydrogens (primary N) is 1. The molecule has 4 nitrogen and oxygen atoms in total. The van der Waals surface area contributed by atoms with Crippen molar-refractivity contribution in [2.24, 2.45) is 11.7 Å². The van der Waals surface area contributed by atoms with E-state index in [1.807, 2.05) is 18.7 Å². The predicted octanol–water partition coefficient (Wildman–Crippen LogP) is 1.03. The van der Waals surface area contributed by atoms with Crippen LogP contribution in [0.2, 0.25) is 0 Å². The molecule has 3 atom stereocenters. The summed E-state index contributed by atoms with van der Waals surface area (Å²) in [5, 5.41) is 0. The lowest BCUT2D eigenvalue weighted by atomic mass is 9.94.